The molecule has 20 heavy (non-hydrogen) atoms. The Bertz CT molecular complexity index is 606. The van der Waals surface area contributed by atoms with E-state index < -0.39 is 0 Å². The molecular formula is C16H20BrN3. The molecule has 0 amide bonds. The summed E-state index contributed by atoms with van der Waals surface area (Å²) < 4.78 is 1.08. The van der Waals surface area contributed by atoms with E-state index in [0.717, 1.165) is 40.1 Å². The molecule has 2 aromatic rings. The van der Waals surface area contributed by atoms with Crippen LogP contribution in [0.15, 0.2) is 28.7 Å². The van der Waals surface area contributed by atoms with Gasteiger partial charge in [0.05, 0.1) is 5.69 Å². The highest BCUT2D eigenvalue weighted by atomic mass is 79.9. The van der Waals surface area contributed by atoms with Crippen LogP contribution >= 0.6 is 15.9 Å². The summed E-state index contributed by atoms with van der Waals surface area (Å²) in [6.45, 7) is 2.09. The van der Waals surface area contributed by atoms with Crippen molar-refractivity contribution in [2.45, 2.75) is 44.6 Å². The van der Waals surface area contributed by atoms with Crippen LogP contribution in [0.25, 0.3) is 11.3 Å². The summed E-state index contributed by atoms with van der Waals surface area (Å²) in [6, 6.07) is 8.62. The molecule has 3 rings (SSSR count). The summed E-state index contributed by atoms with van der Waals surface area (Å²) in [5.74, 6) is 1.59. The SMILES string of the molecule is Cc1[nH]c(C2CCCC(N)C2)nc1-c1cccc(Br)c1. The van der Waals surface area contributed by atoms with Gasteiger partial charge >= 0.3 is 0 Å². The van der Waals surface area contributed by atoms with Crippen LogP contribution in [0.3, 0.4) is 0 Å². The molecule has 2 unspecified atom stereocenters. The van der Waals surface area contributed by atoms with Crippen LogP contribution < -0.4 is 5.73 Å². The van der Waals surface area contributed by atoms with Gasteiger partial charge in [0, 0.05) is 27.7 Å². The maximum absolute atomic E-state index is 6.09. The predicted molar refractivity (Wildman–Crippen MR) is 85.6 cm³/mol. The number of aromatic nitrogens is 2. The topological polar surface area (TPSA) is 54.7 Å². The fourth-order valence-corrected chi connectivity index (χ4v) is 3.47. The van der Waals surface area contributed by atoms with Crippen LogP contribution in [0, 0.1) is 6.92 Å². The van der Waals surface area contributed by atoms with Crippen molar-refractivity contribution in [3.05, 3.63) is 40.3 Å². The van der Waals surface area contributed by atoms with Gasteiger partial charge in [0.1, 0.15) is 5.82 Å². The molecule has 1 fully saturated rings. The van der Waals surface area contributed by atoms with E-state index in [4.69, 9.17) is 10.7 Å². The predicted octanol–water partition coefficient (Wildman–Crippen LogP) is 4.13. The molecule has 1 aliphatic carbocycles. The molecule has 0 saturated heterocycles. The van der Waals surface area contributed by atoms with E-state index in [1.54, 1.807) is 0 Å². The number of nitrogens with one attached hydrogen (secondary N) is 1. The maximum Gasteiger partial charge on any atom is 0.110 e. The van der Waals surface area contributed by atoms with E-state index >= 15 is 0 Å². The van der Waals surface area contributed by atoms with E-state index in [9.17, 15) is 0 Å². The van der Waals surface area contributed by atoms with E-state index in [1.165, 1.54) is 12.8 Å². The Morgan fingerprint density at radius 3 is 2.95 bits per heavy atom. The zero-order valence-electron chi connectivity index (χ0n) is 11.7. The summed E-state index contributed by atoms with van der Waals surface area (Å²) >= 11 is 3.52. The maximum atomic E-state index is 6.09. The normalized spacial score (nSPS) is 22.9. The average Bonchev–Trinajstić information content (AvgIpc) is 2.81. The fraction of sp³-hybridized carbons (Fsp3) is 0.438. The number of imidazole rings is 1. The van der Waals surface area contributed by atoms with E-state index in [-0.39, 0.29) is 0 Å². The molecule has 0 radical (unpaired) electrons. The third kappa shape index (κ3) is 2.81. The van der Waals surface area contributed by atoms with Gasteiger partial charge < -0.3 is 10.7 Å². The largest absolute Gasteiger partial charge is 0.345 e. The number of rotatable bonds is 2. The number of nitrogens with zero attached hydrogens (tertiary/aromatic N) is 1. The van der Waals surface area contributed by atoms with Crippen LogP contribution in [0.1, 0.15) is 43.1 Å². The second kappa shape index (κ2) is 5.70. The number of H-pyrrole nitrogens is 1. The first kappa shape index (κ1) is 13.8. The lowest BCUT2D eigenvalue weighted by Crippen LogP contribution is -2.27. The Kier molecular flexibility index (Phi) is 3.94. The molecule has 0 bridgehead atoms. The van der Waals surface area contributed by atoms with Crippen LogP contribution in [0.5, 0.6) is 0 Å². The molecule has 0 aliphatic heterocycles. The number of halogens is 1. The number of nitrogens with two attached hydrogens (primary N) is 1. The van der Waals surface area contributed by atoms with Gasteiger partial charge in [-0.25, -0.2) is 4.98 Å². The minimum atomic E-state index is 0.327. The van der Waals surface area contributed by atoms with Crippen molar-refractivity contribution in [2.24, 2.45) is 5.73 Å². The first-order valence-corrected chi connectivity index (χ1v) is 8.01. The monoisotopic (exact) mass is 333 g/mol. The summed E-state index contributed by atoms with van der Waals surface area (Å²) in [4.78, 5) is 8.32. The Morgan fingerprint density at radius 1 is 1.35 bits per heavy atom. The molecule has 1 aliphatic rings. The summed E-state index contributed by atoms with van der Waals surface area (Å²) in [6.07, 6.45) is 4.59. The zero-order valence-corrected chi connectivity index (χ0v) is 13.3. The molecule has 1 heterocycles. The average molecular weight is 334 g/mol. The molecule has 3 N–H and O–H groups in total. The second-order valence-electron chi connectivity index (χ2n) is 5.73. The lowest BCUT2D eigenvalue weighted by Gasteiger charge is -2.24. The number of aryl methyl sites for hydroxylation is 1. The molecule has 4 heteroatoms. The zero-order chi connectivity index (χ0) is 14.1. The first-order chi connectivity index (χ1) is 9.63. The van der Waals surface area contributed by atoms with E-state index in [2.05, 4.69) is 40.0 Å². The van der Waals surface area contributed by atoms with Crippen LogP contribution in [0.4, 0.5) is 0 Å². The van der Waals surface area contributed by atoms with Gasteiger partial charge in [0.2, 0.25) is 0 Å². The minimum Gasteiger partial charge on any atom is -0.345 e. The number of hydrogen-bond acceptors (Lipinski definition) is 2. The fourth-order valence-electron chi connectivity index (χ4n) is 3.07. The van der Waals surface area contributed by atoms with Gasteiger partial charge in [-0.3, -0.25) is 0 Å². The lowest BCUT2D eigenvalue weighted by molar-refractivity contribution is 0.383. The Morgan fingerprint density at radius 2 is 2.20 bits per heavy atom. The number of aromatic amines is 1. The molecule has 1 saturated carbocycles. The Balaban J connectivity index is 1.91. The second-order valence-corrected chi connectivity index (χ2v) is 6.65. The van der Waals surface area contributed by atoms with Crippen molar-refractivity contribution in [1.29, 1.82) is 0 Å². The van der Waals surface area contributed by atoms with Crippen molar-refractivity contribution in [2.75, 3.05) is 0 Å². The highest BCUT2D eigenvalue weighted by molar-refractivity contribution is 9.10. The highest BCUT2D eigenvalue weighted by Crippen LogP contribution is 2.33. The van der Waals surface area contributed by atoms with Crippen molar-refractivity contribution < 1.29 is 0 Å². The molecule has 1 aromatic carbocycles. The lowest BCUT2D eigenvalue weighted by atomic mass is 9.86. The molecule has 3 nitrogen and oxygen atoms in total. The van der Waals surface area contributed by atoms with Gasteiger partial charge in [-0.2, -0.15) is 0 Å². The number of hydrogen-bond donors (Lipinski definition) is 2. The van der Waals surface area contributed by atoms with Gasteiger partial charge in [0.25, 0.3) is 0 Å². The van der Waals surface area contributed by atoms with Crippen molar-refractivity contribution in [1.82, 2.24) is 9.97 Å². The van der Waals surface area contributed by atoms with Crippen molar-refractivity contribution in [3.8, 4) is 11.3 Å². The molecular weight excluding hydrogens is 314 g/mol. The standard InChI is InChI=1S/C16H20BrN3/c1-10-15(11-4-2-6-13(17)8-11)20-16(19-10)12-5-3-7-14(18)9-12/h2,4,6,8,12,14H,3,5,7,9,18H2,1H3,(H,19,20). The molecule has 1 aromatic heterocycles. The Hall–Kier alpha value is -1.13. The van der Waals surface area contributed by atoms with Crippen LogP contribution in [-0.4, -0.2) is 16.0 Å². The molecule has 2 atom stereocenters. The summed E-state index contributed by atoms with van der Waals surface area (Å²) in [7, 11) is 0. The van der Waals surface area contributed by atoms with E-state index in [1.807, 2.05) is 12.1 Å². The summed E-state index contributed by atoms with van der Waals surface area (Å²) in [5, 5.41) is 0. The number of benzene rings is 1. The van der Waals surface area contributed by atoms with Gasteiger partial charge in [0.15, 0.2) is 0 Å². The third-order valence-corrected chi connectivity index (χ3v) is 4.60. The van der Waals surface area contributed by atoms with Crippen LogP contribution in [-0.2, 0) is 0 Å². The van der Waals surface area contributed by atoms with Crippen molar-refractivity contribution >= 4 is 15.9 Å². The smallest absolute Gasteiger partial charge is 0.110 e. The Labute approximate surface area is 128 Å². The molecule has 106 valence electrons. The van der Waals surface area contributed by atoms with Gasteiger partial charge in [-0.05, 0) is 38.3 Å². The van der Waals surface area contributed by atoms with Gasteiger partial charge in [-0.15, -0.1) is 0 Å². The highest BCUT2D eigenvalue weighted by Gasteiger charge is 2.24. The van der Waals surface area contributed by atoms with Gasteiger partial charge in [-0.1, -0.05) is 34.5 Å². The molecule has 0 spiro atoms. The van der Waals surface area contributed by atoms with E-state index in [0.29, 0.717) is 12.0 Å². The van der Waals surface area contributed by atoms with Crippen LogP contribution in [0.2, 0.25) is 0 Å². The third-order valence-electron chi connectivity index (χ3n) is 4.10. The van der Waals surface area contributed by atoms with Crippen molar-refractivity contribution in [3.63, 3.8) is 0 Å². The summed E-state index contributed by atoms with van der Waals surface area (Å²) in [5.41, 5.74) is 9.44. The minimum absolute atomic E-state index is 0.327. The quantitative estimate of drug-likeness (QED) is 0.867. The first-order valence-electron chi connectivity index (χ1n) is 7.21.